The Labute approximate surface area is 212 Å². The Kier molecular flexibility index (Phi) is 6.38. The average Bonchev–Trinajstić information content (AvgIpc) is 3.32. The average molecular weight is 497 g/mol. The van der Waals surface area contributed by atoms with Gasteiger partial charge in [0.15, 0.2) is 5.82 Å². The lowest BCUT2D eigenvalue weighted by molar-refractivity contribution is -0.384. The van der Waals surface area contributed by atoms with Gasteiger partial charge in [0.1, 0.15) is 11.8 Å². The number of aromatic nitrogens is 3. The van der Waals surface area contributed by atoms with Crippen molar-refractivity contribution >= 4 is 23.2 Å². The van der Waals surface area contributed by atoms with E-state index in [9.17, 15) is 14.9 Å². The van der Waals surface area contributed by atoms with Crippen molar-refractivity contribution < 1.29 is 14.5 Å². The molecule has 5 rings (SSSR count). The van der Waals surface area contributed by atoms with Gasteiger partial charge in [-0.05, 0) is 55.8 Å². The number of carbonyl (C=O) groups is 1. The monoisotopic (exact) mass is 496 g/mol. The molecule has 0 saturated carbocycles. The Hall–Kier alpha value is -4.99. The fourth-order valence-electron chi connectivity index (χ4n) is 4.27. The first-order valence-electron chi connectivity index (χ1n) is 11.7. The maximum Gasteiger partial charge on any atom is 0.269 e. The largest absolute Gasteiger partial charge is 0.494 e. The van der Waals surface area contributed by atoms with E-state index in [1.807, 2.05) is 49.4 Å². The molecule has 1 aliphatic rings. The van der Waals surface area contributed by atoms with Gasteiger partial charge in [0.2, 0.25) is 5.95 Å². The molecule has 4 aromatic rings. The summed E-state index contributed by atoms with van der Waals surface area (Å²) in [7, 11) is 0. The molecule has 1 aliphatic heterocycles. The smallest absolute Gasteiger partial charge is 0.269 e. The number of anilines is 2. The van der Waals surface area contributed by atoms with Gasteiger partial charge in [-0.15, -0.1) is 5.10 Å². The summed E-state index contributed by atoms with van der Waals surface area (Å²) in [6.45, 7) is 4.25. The van der Waals surface area contributed by atoms with Gasteiger partial charge < -0.3 is 15.4 Å². The number of nitro benzene ring substituents is 1. The third-order valence-corrected chi connectivity index (χ3v) is 5.95. The normalized spacial score (nSPS) is 14.5. The Morgan fingerprint density at radius 2 is 1.86 bits per heavy atom. The minimum absolute atomic E-state index is 0.0788. The van der Waals surface area contributed by atoms with Crippen molar-refractivity contribution in [3.63, 3.8) is 0 Å². The predicted molar refractivity (Wildman–Crippen MR) is 139 cm³/mol. The minimum Gasteiger partial charge on any atom is -0.494 e. The summed E-state index contributed by atoms with van der Waals surface area (Å²) >= 11 is 0. The first-order chi connectivity index (χ1) is 17.9. The van der Waals surface area contributed by atoms with E-state index in [4.69, 9.17) is 9.84 Å². The molecule has 2 N–H and O–H groups in total. The summed E-state index contributed by atoms with van der Waals surface area (Å²) in [5.74, 6) is 1.25. The lowest BCUT2D eigenvalue weighted by Gasteiger charge is -2.28. The maximum absolute atomic E-state index is 13.5. The molecule has 0 spiro atoms. The van der Waals surface area contributed by atoms with Crippen molar-refractivity contribution in [3.8, 4) is 17.1 Å². The van der Waals surface area contributed by atoms with Crippen LogP contribution >= 0.6 is 0 Å². The molecule has 0 bridgehead atoms. The van der Waals surface area contributed by atoms with Gasteiger partial charge in [0, 0.05) is 29.1 Å². The van der Waals surface area contributed by atoms with E-state index in [1.165, 1.54) is 12.1 Å². The topological polar surface area (TPSA) is 124 Å². The number of hydrogen-bond donors (Lipinski definition) is 2. The van der Waals surface area contributed by atoms with E-state index in [-0.39, 0.29) is 11.6 Å². The molecule has 186 valence electrons. The van der Waals surface area contributed by atoms with E-state index in [0.717, 1.165) is 11.3 Å². The summed E-state index contributed by atoms with van der Waals surface area (Å²) in [6.07, 6.45) is 0. The van der Waals surface area contributed by atoms with E-state index < -0.39 is 11.0 Å². The highest BCUT2D eigenvalue weighted by atomic mass is 16.6. The van der Waals surface area contributed by atoms with Crippen LogP contribution in [0.15, 0.2) is 90.1 Å². The Morgan fingerprint density at radius 1 is 1.11 bits per heavy atom. The second-order valence-electron chi connectivity index (χ2n) is 8.40. The summed E-state index contributed by atoms with van der Waals surface area (Å²) < 4.78 is 7.12. The van der Waals surface area contributed by atoms with E-state index in [2.05, 4.69) is 15.6 Å². The first kappa shape index (κ1) is 23.7. The number of amides is 1. The summed E-state index contributed by atoms with van der Waals surface area (Å²) in [6, 6.07) is 22.0. The number of allylic oxidation sites excluding steroid dienone is 1. The molecule has 2 heterocycles. The van der Waals surface area contributed by atoms with Crippen LogP contribution in [0.2, 0.25) is 0 Å². The Morgan fingerprint density at radius 3 is 2.57 bits per heavy atom. The fraction of sp³-hybridized carbons (Fsp3) is 0.148. The molecule has 0 radical (unpaired) electrons. The number of nitrogens with one attached hydrogen (secondary N) is 2. The minimum atomic E-state index is -0.746. The van der Waals surface area contributed by atoms with Gasteiger partial charge in [-0.2, -0.15) is 4.98 Å². The molecule has 0 fully saturated rings. The lowest BCUT2D eigenvalue weighted by atomic mass is 9.94. The van der Waals surface area contributed by atoms with Crippen LogP contribution in [0.4, 0.5) is 17.3 Å². The van der Waals surface area contributed by atoms with Crippen LogP contribution < -0.4 is 15.4 Å². The number of fused-ring (bicyclic) bond motifs is 1. The van der Waals surface area contributed by atoms with Crippen LogP contribution in [0, 0.1) is 10.1 Å². The number of non-ortho nitro benzene ring substituents is 1. The zero-order valence-electron chi connectivity index (χ0n) is 20.2. The van der Waals surface area contributed by atoms with Crippen molar-refractivity contribution in [1.29, 1.82) is 0 Å². The van der Waals surface area contributed by atoms with E-state index in [1.54, 1.807) is 35.9 Å². The SMILES string of the molecule is CCOc1ccc(-c2nc3n(n2)C(c2cccc([N+](=O)[O-])c2)C(C(=O)Nc2ccccc2)=C(C)N3)cc1. The highest BCUT2D eigenvalue weighted by Gasteiger charge is 2.35. The van der Waals surface area contributed by atoms with Gasteiger partial charge in [-0.3, -0.25) is 14.9 Å². The predicted octanol–water partition coefficient (Wildman–Crippen LogP) is 5.18. The summed E-state index contributed by atoms with van der Waals surface area (Å²) in [4.78, 5) is 29.3. The molecule has 0 aliphatic carbocycles. The Bertz CT molecular complexity index is 1500. The molecule has 1 atom stereocenters. The van der Waals surface area contributed by atoms with Crippen molar-refractivity contribution in [1.82, 2.24) is 14.8 Å². The van der Waals surface area contributed by atoms with Gasteiger partial charge in [0.25, 0.3) is 11.6 Å². The molecule has 10 heteroatoms. The number of ether oxygens (including phenoxy) is 1. The number of rotatable bonds is 7. The molecule has 37 heavy (non-hydrogen) atoms. The van der Waals surface area contributed by atoms with Crippen LogP contribution in [0.1, 0.15) is 25.5 Å². The van der Waals surface area contributed by atoms with Crippen molar-refractivity contribution in [2.75, 3.05) is 17.2 Å². The highest BCUT2D eigenvalue weighted by molar-refractivity contribution is 6.06. The maximum atomic E-state index is 13.5. The lowest BCUT2D eigenvalue weighted by Crippen LogP contribution is -2.31. The van der Waals surface area contributed by atoms with Crippen molar-refractivity contribution in [3.05, 3.63) is 106 Å². The molecule has 3 aromatic carbocycles. The summed E-state index contributed by atoms with van der Waals surface area (Å²) in [5.41, 5.74) is 2.80. The number of nitro groups is 1. The number of para-hydroxylation sites is 1. The molecular weight excluding hydrogens is 472 g/mol. The van der Waals surface area contributed by atoms with Crippen LogP contribution in [0.5, 0.6) is 5.75 Å². The van der Waals surface area contributed by atoms with Crippen LogP contribution in [-0.4, -0.2) is 32.2 Å². The Balaban J connectivity index is 1.59. The number of benzene rings is 3. The van der Waals surface area contributed by atoms with Crippen LogP contribution in [0.3, 0.4) is 0 Å². The van der Waals surface area contributed by atoms with Gasteiger partial charge in [-0.25, -0.2) is 4.68 Å². The van der Waals surface area contributed by atoms with E-state index in [0.29, 0.717) is 40.9 Å². The second kappa shape index (κ2) is 9.94. The number of carbonyl (C=O) groups excluding carboxylic acids is 1. The summed E-state index contributed by atoms with van der Waals surface area (Å²) in [5, 5.41) is 22.3. The van der Waals surface area contributed by atoms with Crippen molar-refractivity contribution in [2.24, 2.45) is 0 Å². The quantitative estimate of drug-likeness (QED) is 0.267. The molecule has 1 amide bonds. The highest BCUT2D eigenvalue weighted by Crippen LogP contribution is 2.38. The zero-order chi connectivity index (χ0) is 25.9. The molecule has 10 nitrogen and oxygen atoms in total. The first-order valence-corrected chi connectivity index (χ1v) is 11.7. The fourth-order valence-corrected chi connectivity index (χ4v) is 4.27. The van der Waals surface area contributed by atoms with Gasteiger partial charge >= 0.3 is 0 Å². The second-order valence-corrected chi connectivity index (χ2v) is 8.40. The molecule has 0 saturated heterocycles. The number of nitrogens with zero attached hydrogens (tertiary/aromatic N) is 4. The van der Waals surface area contributed by atoms with E-state index >= 15 is 0 Å². The molecule has 1 aromatic heterocycles. The third kappa shape index (κ3) is 4.76. The van der Waals surface area contributed by atoms with Crippen molar-refractivity contribution in [2.45, 2.75) is 19.9 Å². The van der Waals surface area contributed by atoms with Crippen LogP contribution in [0.25, 0.3) is 11.4 Å². The number of hydrogen-bond acceptors (Lipinski definition) is 7. The van der Waals surface area contributed by atoms with Gasteiger partial charge in [0.05, 0.1) is 17.1 Å². The zero-order valence-corrected chi connectivity index (χ0v) is 20.2. The standard InChI is InChI=1S/C27H24N6O4/c1-3-37-22-14-12-18(13-15-22)25-30-27-28-17(2)23(26(34)29-20-9-5-4-6-10-20)24(32(27)31-25)19-8-7-11-21(16-19)33(35)36/h4-16,24H,3H2,1-2H3,(H,29,34)(H,28,30,31). The molecule has 1 unspecified atom stereocenters. The van der Waals surface area contributed by atoms with Crippen LogP contribution in [-0.2, 0) is 4.79 Å². The molecular formula is C27H24N6O4. The van der Waals surface area contributed by atoms with Gasteiger partial charge in [-0.1, -0.05) is 30.3 Å². The third-order valence-electron chi connectivity index (χ3n) is 5.95.